The molecule has 0 aromatic heterocycles. The SMILES string of the molecule is CCCC1CCC(C)(S(=O)(=O)O)CC1. The third-order valence-corrected chi connectivity index (χ3v) is 5.14. The second kappa shape index (κ2) is 4.19. The first-order valence-corrected chi connectivity index (χ1v) is 6.80. The quantitative estimate of drug-likeness (QED) is 0.744. The topological polar surface area (TPSA) is 54.4 Å². The van der Waals surface area contributed by atoms with Crippen molar-refractivity contribution < 1.29 is 13.0 Å². The Kier molecular flexibility index (Phi) is 3.58. The fraction of sp³-hybridized carbons (Fsp3) is 1.00. The Hall–Kier alpha value is -0.0900. The van der Waals surface area contributed by atoms with Crippen LogP contribution >= 0.6 is 0 Å². The smallest absolute Gasteiger partial charge is 0.270 e. The molecule has 0 heterocycles. The minimum atomic E-state index is -3.86. The van der Waals surface area contributed by atoms with E-state index in [9.17, 15) is 8.42 Å². The van der Waals surface area contributed by atoms with Crippen molar-refractivity contribution in [2.24, 2.45) is 5.92 Å². The van der Waals surface area contributed by atoms with E-state index in [1.54, 1.807) is 6.92 Å². The van der Waals surface area contributed by atoms with Gasteiger partial charge in [-0.25, -0.2) is 0 Å². The van der Waals surface area contributed by atoms with Crippen LogP contribution < -0.4 is 0 Å². The highest BCUT2D eigenvalue weighted by molar-refractivity contribution is 7.87. The van der Waals surface area contributed by atoms with Gasteiger partial charge in [0.25, 0.3) is 10.1 Å². The van der Waals surface area contributed by atoms with Crippen molar-refractivity contribution in [2.45, 2.75) is 57.1 Å². The maximum atomic E-state index is 11.1. The molecule has 3 nitrogen and oxygen atoms in total. The second-order valence-corrected chi connectivity index (χ2v) is 6.59. The maximum Gasteiger partial charge on any atom is 0.270 e. The van der Waals surface area contributed by atoms with Crippen molar-refractivity contribution in [2.75, 3.05) is 0 Å². The summed E-state index contributed by atoms with van der Waals surface area (Å²) in [6, 6.07) is 0. The van der Waals surface area contributed by atoms with E-state index >= 15 is 0 Å². The summed E-state index contributed by atoms with van der Waals surface area (Å²) in [5.74, 6) is 0.662. The second-order valence-electron chi connectivity index (χ2n) is 4.66. The molecule has 1 rings (SSSR count). The van der Waals surface area contributed by atoms with Gasteiger partial charge in [-0.15, -0.1) is 0 Å². The van der Waals surface area contributed by atoms with Gasteiger partial charge < -0.3 is 0 Å². The molecule has 84 valence electrons. The molecule has 1 aliphatic carbocycles. The molecule has 0 amide bonds. The van der Waals surface area contributed by atoms with Gasteiger partial charge in [-0.3, -0.25) is 4.55 Å². The van der Waals surface area contributed by atoms with E-state index in [1.807, 2.05) is 0 Å². The largest absolute Gasteiger partial charge is 0.285 e. The van der Waals surface area contributed by atoms with Crippen molar-refractivity contribution in [3.8, 4) is 0 Å². The molecule has 1 fully saturated rings. The summed E-state index contributed by atoms with van der Waals surface area (Å²) in [5, 5.41) is 0. The molecular formula is C10H20O3S. The minimum Gasteiger partial charge on any atom is -0.285 e. The first-order valence-electron chi connectivity index (χ1n) is 5.36. The standard InChI is InChI=1S/C10H20O3S/c1-3-4-9-5-7-10(2,8-6-9)14(11,12)13/h9H,3-8H2,1-2H3,(H,11,12,13). The lowest BCUT2D eigenvalue weighted by Crippen LogP contribution is -2.38. The number of hydrogen-bond donors (Lipinski definition) is 1. The van der Waals surface area contributed by atoms with Crippen LogP contribution in [0.3, 0.4) is 0 Å². The van der Waals surface area contributed by atoms with Crippen LogP contribution in [0.2, 0.25) is 0 Å². The Morgan fingerprint density at radius 2 is 1.86 bits per heavy atom. The Balaban J connectivity index is 2.58. The predicted octanol–water partition coefficient (Wildman–Crippen LogP) is 2.62. The van der Waals surface area contributed by atoms with E-state index in [-0.39, 0.29) is 0 Å². The molecule has 0 aliphatic heterocycles. The third kappa shape index (κ3) is 2.48. The molecule has 0 saturated heterocycles. The van der Waals surface area contributed by atoms with Crippen LogP contribution in [0.25, 0.3) is 0 Å². The van der Waals surface area contributed by atoms with Crippen molar-refractivity contribution in [3.05, 3.63) is 0 Å². The van der Waals surface area contributed by atoms with Gasteiger partial charge in [-0.05, 0) is 38.5 Å². The van der Waals surface area contributed by atoms with Crippen LogP contribution in [0.5, 0.6) is 0 Å². The van der Waals surface area contributed by atoms with Crippen LogP contribution in [0.15, 0.2) is 0 Å². The summed E-state index contributed by atoms with van der Waals surface area (Å²) < 4.78 is 30.5. The average molecular weight is 220 g/mol. The molecule has 0 radical (unpaired) electrons. The molecule has 0 atom stereocenters. The first-order chi connectivity index (χ1) is 6.39. The Morgan fingerprint density at radius 1 is 1.36 bits per heavy atom. The van der Waals surface area contributed by atoms with Crippen LogP contribution in [-0.4, -0.2) is 17.7 Å². The highest BCUT2D eigenvalue weighted by Crippen LogP contribution is 2.38. The van der Waals surface area contributed by atoms with E-state index in [0.717, 1.165) is 19.3 Å². The molecular weight excluding hydrogens is 200 g/mol. The van der Waals surface area contributed by atoms with Crippen molar-refractivity contribution in [1.82, 2.24) is 0 Å². The molecule has 1 saturated carbocycles. The van der Waals surface area contributed by atoms with E-state index in [2.05, 4.69) is 6.92 Å². The van der Waals surface area contributed by atoms with Gasteiger partial charge in [0, 0.05) is 0 Å². The Labute approximate surface area is 86.6 Å². The summed E-state index contributed by atoms with van der Waals surface area (Å²) in [6.45, 7) is 3.81. The van der Waals surface area contributed by atoms with Gasteiger partial charge in [0.05, 0.1) is 4.75 Å². The lowest BCUT2D eigenvalue weighted by molar-refractivity contribution is 0.275. The molecule has 0 unspecified atom stereocenters. The highest BCUT2D eigenvalue weighted by atomic mass is 32.2. The maximum absolute atomic E-state index is 11.1. The van der Waals surface area contributed by atoms with Crippen molar-refractivity contribution >= 4 is 10.1 Å². The fourth-order valence-corrected chi connectivity index (χ4v) is 2.99. The van der Waals surface area contributed by atoms with Gasteiger partial charge in [0.1, 0.15) is 0 Å². The van der Waals surface area contributed by atoms with E-state index in [4.69, 9.17) is 4.55 Å². The molecule has 0 bridgehead atoms. The minimum absolute atomic E-state index is 0.608. The van der Waals surface area contributed by atoms with Crippen molar-refractivity contribution in [1.29, 1.82) is 0 Å². The zero-order chi connectivity index (χ0) is 10.8. The zero-order valence-electron chi connectivity index (χ0n) is 8.99. The van der Waals surface area contributed by atoms with Crippen LogP contribution in [0, 0.1) is 5.92 Å². The van der Waals surface area contributed by atoms with Crippen molar-refractivity contribution in [3.63, 3.8) is 0 Å². The van der Waals surface area contributed by atoms with Crippen LogP contribution in [0.4, 0.5) is 0 Å². The molecule has 0 aromatic carbocycles. The lowest BCUT2D eigenvalue weighted by Gasteiger charge is -2.34. The predicted molar refractivity (Wildman–Crippen MR) is 56.8 cm³/mol. The third-order valence-electron chi connectivity index (χ3n) is 3.48. The van der Waals surface area contributed by atoms with Gasteiger partial charge in [-0.1, -0.05) is 19.8 Å². The van der Waals surface area contributed by atoms with E-state index < -0.39 is 14.9 Å². The monoisotopic (exact) mass is 220 g/mol. The van der Waals surface area contributed by atoms with E-state index in [1.165, 1.54) is 6.42 Å². The summed E-state index contributed by atoms with van der Waals surface area (Å²) in [5.41, 5.74) is 0. The van der Waals surface area contributed by atoms with Crippen LogP contribution in [-0.2, 0) is 10.1 Å². The summed E-state index contributed by atoms with van der Waals surface area (Å²) >= 11 is 0. The highest BCUT2D eigenvalue weighted by Gasteiger charge is 2.40. The molecule has 14 heavy (non-hydrogen) atoms. The summed E-state index contributed by atoms with van der Waals surface area (Å²) in [6.07, 6.45) is 5.43. The van der Waals surface area contributed by atoms with Gasteiger partial charge in [0.2, 0.25) is 0 Å². The van der Waals surface area contributed by atoms with Gasteiger partial charge in [-0.2, -0.15) is 8.42 Å². The average Bonchev–Trinajstić information content (AvgIpc) is 2.08. The molecule has 0 spiro atoms. The fourth-order valence-electron chi connectivity index (χ4n) is 2.24. The number of rotatable bonds is 3. The normalized spacial score (nSPS) is 34.4. The molecule has 1 aliphatic rings. The molecule has 4 heteroatoms. The summed E-state index contributed by atoms with van der Waals surface area (Å²) in [4.78, 5) is 0. The Morgan fingerprint density at radius 3 is 2.21 bits per heavy atom. The lowest BCUT2D eigenvalue weighted by atomic mass is 9.80. The molecule has 1 N–H and O–H groups in total. The van der Waals surface area contributed by atoms with Gasteiger partial charge in [0.15, 0.2) is 0 Å². The Bertz CT molecular complexity index is 274. The van der Waals surface area contributed by atoms with Gasteiger partial charge >= 0.3 is 0 Å². The first kappa shape index (κ1) is 12.0. The summed E-state index contributed by atoms with van der Waals surface area (Å²) in [7, 11) is -3.86. The zero-order valence-corrected chi connectivity index (χ0v) is 9.81. The molecule has 0 aromatic rings. The number of hydrogen-bond acceptors (Lipinski definition) is 2. The van der Waals surface area contributed by atoms with Crippen LogP contribution in [0.1, 0.15) is 52.4 Å². The van der Waals surface area contributed by atoms with E-state index in [0.29, 0.717) is 18.8 Å².